The van der Waals surface area contributed by atoms with Crippen LogP contribution in [0.2, 0.25) is 0 Å². The Labute approximate surface area is 134 Å². The maximum absolute atomic E-state index is 14.2. The molecule has 1 aromatic rings. The second-order valence-electron chi connectivity index (χ2n) is 5.45. The lowest BCUT2D eigenvalue weighted by atomic mass is 9.96. The van der Waals surface area contributed by atoms with E-state index in [9.17, 15) is 13.6 Å². The van der Waals surface area contributed by atoms with Crippen molar-refractivity contribution < 1.29 is 27.8 Å². The molecule has 1 saturated heterocycles. The van der Waals surface area contributed by atoms with Gasteiger partial charge in [0.05, 0.1) is 25.9 Å². The molecule has 4 nitrogen and oxygen atoms in total. The summed E-state index contributed by atoms with van der Waals surface area (Å²) >= 11 is 0. The molecule has 0 aromatic heterocycles. The number of benzene rings is 1. The van der Waals surface area contributed by atoms with Gasteiger partial charge in [0.1, 0.15) is 17.7 Å². The molecule has 1 aliphatic heterocycles. The highest BCUT2D eigenvalue weighted by molar-refractivity contribution is 5.69. The number of halogens is 2. The van der Waals surface area contributed by atoms with E-state index in [1.54, 1.807) is 6.92 Å². The van der Waals surface area contributed by atoms with E-state index in [-0.39, 0.29) is 25.6 Å². The van der Waals surface area contributed by atoms with Gasteiger partial charge in [-0.3, -0.25) is 4.79 Å². The molecule has 1 aliphatic rings. The van der Waals surface area contributed by atoms with E-state index in [0.29, 0.717) is 30.8 Å². The average molecular weight is 328 g/mol. The van der Waals surface area contributed by atoms with Crippen molar-refractivity contribution in [3.8, 4) is 0 Å². The fraction of sp³-hybridized carbons (Fsp3) is 0.588. The highest BCUT2D eigenvalue weighted by atomic mass is 19.1. The number of carbonyl (C=O) groups excluding carboxylic acids is 1. The van der Waals surface area contributed by atoms with Crippen molar-refractivity contribution in [1.82, 2.24) is 0 Å². The minimum atomic E-state index is -0.658. The lowest BCUT2D eigenvalue weighted by molar-refractivity contribution is -0.143. The van der Waals surface area contributed by atoms with Crippen molar-refractivity contribution >= 4 is 5.97 Å². The Morgan fingerprint density at radius 2 is 2.13 bits per heavy atom. The highest BCUT2D eigenvalue weighted by Crippen LogP contribution is 2.29. The van der Waals surface area contributed by atoms with Crippen LogP contribution in [0.1, 0.15) is 43.9 Å². The first kappa shape index (κ1) is 17.8. The highest BCUT2D eigenvalue weighted by Gasteiger charge is 2.26. The molecule has 2 atom stereocenters. The zero-order chi connectivity index (χ0) is 16.8. The maximum atomic E-state index is 14.2. The van der Waals surface area contributed by atoms with Crippen molar-refractivity contribution in [3.63, 3.8) is 0 Å². The number of hydrogen-bond acceptors (Lipinski definition) is 4. The topological polar surface area (TPSA) is 48.1 Å². The van der Waals surface area contributed by atoms with Crippen LogP contribution in [-0.2, 0) is 25.4 Å². The molecular formula is C17H22F2O4. The predicted octanol–water partition coefficient (Wildman–Crippen LogP) is 3.33. The van der Waals surface area contributed by atoms with Gasteiger partial charge in [-0.05, 0) is 37.0 Å². The predicted molar refractivity (Wildman–Crippen MR) is 80.0 cm³/mol. The zero-order valence-corrected chi connectivity index (χ0v) is 13.4. The molecule has 0 saturated carbocycles. The van der Waals surface area contributed by atoms with Crippen LogP contribution in [0, 0.1) is 11.6 Å². The summed E-state index contributed by atoms with van der Waals surface area (Å²) in [6.45, 7) is 4.93. The van der Waals surface area contributed by atoms with Gasteiger partial charge in [-0.15, -0.1) is 0 Å². The standard InChI is InChI=1S/C17H22F2O4/c1-3-16(23-10-12-9-22-12)14-7-11(18)8-15(19)13(14)5-6-17(20)21-4-2/h7-8,12,16H,3-6,9-10H2,1-2H3/t12?,16-/m1/s1. The van der Waals surface area contributed by atoms with E-state index in [2.05, 4.69) is 0 Å². The monoisotopic (exact) mass is 328 g/mol. The van der Waals surface area contributed by atoms with Gasteiger partial charge in [-0.1, -0.05) is 6.92 Å². The molecule has 1 fully saturated rings. The Balaban J connectivity index is 2.15. The summed E-state index contributed by atoms with van der Waals surface area (Å²) in [4.78, 5) is 11.5. The fourth-order valence-electron chi connectivity index (χ4n) is 2.45. The third kappa shape index (κ3) is 5.25. The number of epoxide rings is 1. The van der Waals surface area contributed by atoms with E-state index < -0.39 is 23.7 Å². The van der Waals surface area contributed by atoms with Gasteiger partial charge in [-0.2, -0.15) is 0 Å². The quantitative estimate of drug-likeness (QED) is 0.515. The first-order valence-electron chi connectivity index (χ1n) is 7.91. The smallest absolute Gasteiger partial charge is 0.306 e. The molecule has 128 valence electrons. The van der Waals surface area contributed by atoms with Crippen molar-refractivity contribution in [2.45, 2.75) is 45.3 Å². The van der Waals surface area contributed by atoms with Crippen LogP contribution in [0.4, 0.5) is 8.78 Å². The lowest BCUT2D eigenvalue weighted by Gasteiger charge is -2.20. The van der Waals surface area contributed by atoms with Gasteiger partial charge in [0.25, 0.3) is 0 Å². The van der Waals surface area contributed by atoms with Gasteiger partial charge in [0.2, 0.25) is 0 Å². The van der Waals surface area contributed by atoms with Crippen LogP contribution < -0.4 is 0 Å². The molecule has 1 heterocycles. The summed E-state index contributed by atoms with van der Waals surface area (Å²) in [5.41, 5.74) is 0.762. The van der Waals surface area contributed by atoms with Crippen LogP contribution in [0.15, 0.2) is 12.1 Å². The molecule has 0 bridgehead atoms. The van der Waals surface area contributed by atoms with E-state index >= 15 is 0 Å². The first-order chi connectivity index (χ1) is 11.0. The minimum Gasteiger partial charge on any atom is -0.466 e. The Bertz CT molecular complexity index is 544. The average Bonchev–Trinajstić information content (AvgIpc) is 3.31. The Kier molecular flexibility index (Phi) is 6.47. The van der Waals surface area contributed by atoms with Gasteiger partial charge in [-0.25, -0.2) is 8.78 Å². The molecule has 0 amide bonds. The molecule has 6 heteroatoms. The summed E-state index contributed by atoms with van der Waals surface area (Å²) in [6.07, 6.45) is 0.417. The van der Waals surface area contributed by atoms with Crippen LogP contribution in [0.5, 0.6) is 0 Å². The van der Waals surface area contributed by atoms with Gasteiger partial charge in [0.15, 0.2) is 0 Å². The number of rotatable bonds is 9. The second kappa shape index (κ2) is 8.36. The van der Waals surface area contributed by atoms with Crippen molar-refractivity contribution in [2.24, 2.45) is 0 Å². The number of hydrogen-bond donors (Lipinski definition) is 0. The summed E-state index contributed by atoms with van der Waals surface area (Å²) in [5, 5.41) is 0. The maximum Gasteiger partial charge on any atom is 0.306 e. The molecule has 0 aliphatic carbocycles. The normalized spacial score (nSPS) is 17.8. The van der Waals surface area contributed by atoms with Gasteiger partial charge in [0, 0.05) is 12.5 Å². The summed E-state index contributed by atoms with van der Waals surface area (Å²) < 4.78 is 43.5. The summed E-state index contributed by atoms with van der Waals surface area (Å²) in [6, 6.07) is 2.12. The Hall–Kier alpha value is -1.53. The van der Waals surface area contributed by atoms with Crippen LogP contribution in [0.3, 0.4) is 0 Å². The molecular weight excluding hydrogens is 306 g/mol. The Morgan fingerprint density at radius 3 is 2.74 bits per heavy atom. The lowest BCUT2D eigenvalue weighted by Crippen LogP contribution is -2.13. The summed E-state index contributed by atoms with van der Waals surface area (Å²) in [7, 11) is 0. The van der Waals surface area contributed by atoms with Gasteiger partial charge < -0.3 is 14.2 Å². The van der Waals surface area contributed by atoms with Crippen LogP contribution in [-0.4, -0.2) is 31.9 Å². The fourth-order valence-corrected chi connectivity index (χ4v) is 2.45. The van der Waals surface area contributed by atoms with E-state index in [1.807, 2.05) is 6.92 Å². The van der Waals surface area contributed by atoms with Crippen LogP contribution >= 0.6 is 0 Å². The van der Waals surface area contributed by atoms with Gasteiger partial charge >= 0.3 is 5.97 Å². The number of esters is 1. The van der Waals surface area contributed by atoms with E-state index in [4.69, 9.17) is 14.2 Å². The molecule has 2 rings (SSSR count). The Morgan fingerprint density at radius 1 is 1.39 bits per heavy atom. The van der Waals surface area contributed by atoms with E-state index in [1.165, 1.54) is 6.07 Å². The second-order valence-corrected chi connectivity index (χ2v) is 5.45. The number of carbonyl (C=O) groups is 1. The molecule has 1 unspecified atom stereocenters. The van der Waals surface area contributed by atoms with E-state index in [0.717, 1.165) is 6.07 Å². The van der Waals surface area contributed by atoms with Crippen molar-refractivity contribution in [3.05, 3.63) is 34.9 Å². The SMILES string of the molecule is CCOC(=O)CCc1c(F)cc(F)cc1[C@@H](CC)OCC1CO1. The first-order valence-corrected chi connectivity index (χ1v) is 7.91. The molecule has 0 spiro atoms. The zero-order valence-electron chi connectivity index (χ0n) is 13.4. The summed E-state index contributed by atoms with van der Waals surface area (Å²) in [5.74, 6) is -1.71. The number of ether oxygens (including phenoxy) is 3. The van der Waals surface area contributed by atoms with Crippen molar-refractivity contribution in [2.75, 3.05) is 19.8 Å². The minimum absolute atomic E-state index is 0.0472. The molecule has 23 heavy (non-hydrogen) atoms. The molecule has 0 N–H and O–H groups in total. The third-order valence-electron chi connectivity index (χ3n) is 3.68. The van der Waals surface area contributed by atoms with Crippen LogP contribution in [0.25, 0.3) is 0 Å². The molecule has 0 radical (unpaired) electrons. The molecule has 1 aromatic carbocycles. The van der Waals surface area contributed by atoms with Crippen molar-refractivity contribution in [1.29, 1.82) is 0 Å². The largest absolute Gasteiger partial charge is 0.466 e. The third-order valence-corrected chi connectivity index (χ3v) is 3.68.